The molecule has 202 valence electrons. The van der Waals surface area contributed by atoms with Crippen molar-refractivity contribution in [2.75, 3.05) is 11.9 Å². The molecule has 0 saturated carbocycles. The van der Waals surface area contributed by atoms with Gasteiger partial charge in [0.15, 0.2) is 11.2 Å². The smallest absolute Gasteiger partial charge is 0.340 e. The lowest BCUT2D eigenvalue weighted by Crippen LogP contribution is -2.38. The zero-order valence-corrected chi connectivity index (χ0v) is 24.2. The van der Waals surface area contributed by atoms with Gasteiger partial charge in [-0.1, -0.05) is 54.4 Å². The molecule has 7 nitrogen and oxygen atoms in total. The van der Waals surface area contributed by atoms with Crippen LogP contribution < -0.4 is 5.32 Å². The van der Waals surface area contributed by atoms with E-state index >= 15 is 0 Å². The molecular formula is C29H28Cl2N4O3S. The molecule has 39 heavy (non-hydrogen) atoms. The van der Waals surface area contributed by atoms with Crippen molar-refractivity contribution in [2.24, 2.45) is 0 Å². The van der Waals surface area contributed by atoms with Gasteiger partial charge in [-0.15, -0.1) is 11.3 Å². The summed E-state index contributed by atoms with van der Waals surface area (Å²) >= 11 is 13.4. The Bertz CT molecular complexity index is 1560. The van der Waals surface area contributed by atoms with Crippen molar-refractivity contribution < 1.29 is 14.3 Å². The van der Waals surface area contributed by atoms with Gasteiger partial charge in [0.25, 0.3) is 5.91 Å². The van der Waals surface area contributed by atoms with E-state index in [9.17, 15) is 9.59 Å². The first-order valence-electron chi connectivity index (χ1n) is 12.8. The second kappa shape index (κ2) is 11.6. The fraction of sp³-hybridized carbons (Fsp3) is 0.310. The number of halogens is 2. The summed E-state index contributed by atoms with van der Waals surface area (Å²) in [5, 5.41) is 6.62. The molecule has 0 aliphatic carbocycles. The van der Waals surface area contributed by atoms with Crippen LogP contribution in [0.2, 0.25) is 10.0 Å². The maximum atomic E-state index is 13.7. The number of amides is 1. The number of rotatable bonds is 7. The van der Waals surface area contributed by atoms with Gasteiger partial charge >= 0.3 is 5.97 Å². The first kappa shape index (κ1) is 27.5. The average molecular weight is 584 g/mol. The summed E-state index contributed by atoms with van der Waals surface area (Å²) in [4.78, 5) is 38.5. The van der Waals surface area contributed by atoms with Crippen molar-refractivity contribution in [3.8, 4) is 11.3 Å². The number of hydrogen-bond donors (Lipinski definition) is 1. The van der Waals surface area contributed by atoms with E-state index < -0.39 is 18.0 Å². The van der Waals surface area contributed by atoms with E-state index in [4.69, 9.17) is 32.9 Å². The maximum absolute atomic E-state index is 13.7. The molecule has 0 fully saturated rings. The summed E-state index contributed by atoms with van der Waals surface area (Å²) in [5.41, 5.74) is 4.46. The topological polar surface area (TPSA) is 84.4 Å². The molecule has 2 aromatic heterocycles. The summed E-state index contributed by atoms with van der Waals surface area (Å²) in [5.74, 6) is -0.954. The number of fused-ring (bicyclic) bond motifs is 2. The van der Waals surface area contributed by atoms with E-state index in [1.807, 2.05) is 35.7 Å². The van der Waals surface area contributed by atoms with Crippen molar-refractivity contribution >= 4 is 62.4 Å². The first-order valence-corrected chi connectivity index (χ1v) is 14.5. The Kier molecular flexibility index (Phi) is 8.19. The van der Waals surface area contributed by atoms with Crippen LogP contribution in [-0.4, -0.2) is 45.4 Å². The normalized spacial score (nSPS) is 14.3. The minimum atomic E-state index is -0.984. The molecule has 5 rings (SSSR count). The van der Waals surface area contributed by atoms with E-state index in [0.29, 0.717) is 45.4 Å². The highest BCUT2D eigenvalue weighted by molar-refractivity contribution is 7.14. The van der Waals surface area contributed by atoms with Crippen LogP contribution in [0.15, 0.2) is 47.8 Å². The van der Waals surface area contributed by atoms with E-state index in [0.717, 1.165) is 40.7 Å². The van der Waals surface area contributed by atoms with Crippen LogP contribution in [0.4, 0.5) is 5.13 Å². The van der Waals surface area contributed by atoms with Crippen LogP contribution in [0.5, 0.6) is 0 Å². The van der Waals surface area contributed by atoms with Crippen molar-refractivity contribution in [3.05, 3.63) is 74.7 Å². The molecule has 0 saturated heterocycles. The van der Waals surface area contributed by atoms with Crippen LogP contribution in [0, 0.1) is 0 Å². The predicted octanol–water partition coefficient (Wildman–Crippen LogP) is 7.01. The highest BCUT2D eigenvalue weighted by Crippen LogP contribution is 2.32. The number of thiazole rings is 1. The summed E-state index contributed by atoms with van der Waals surface area (Å²) in [7, 11) is 0. The van der Waals surface area contributed by atoms with Crippen molar-refractivity contribution in [1.29, 1.82) is 0 Å². The van der Waals surface area contributed by atoms with Gasteiger partial charge in [-0.25, -0.2) is 9.78 Å². The Hall–Kier alpha value is -3.04. The number of anilines is 1. The lowest BCUT2D eigenvalue weighted by molar-refractivity contribution is -0.124. The molecule has 0 spiro atoms. The van der Waals surface area contributed by atoms with E-state index in [1.165, 1.54) is 11.3 Å². The first-order chi connectivity index (χ1) is 18.7. The number of pyridine rings is 1. The quantitative estimate of drug-likeness (QED) is 0.236. The van der Waals surface area contributed by atoms with Gasteiger partial charge in [-0.2, -0.15) is 0 Å². The lowest BCUT2D eigenvalue weighted by Gasteiger charge is -2.32. The number of para-hydroxylation sites is 1. The standard InChI is InChI=1S/C29H28Cl2N4O3S/c1-4-25(27(36)34-29-33-24(15-39-29)17-9-10-20(30)21(31)13-17)38-28(37)26-18-7-5-6-8-22(18)32-23-11-12-35(16(2)3)14-19(23)26/h5-10,13,15-16,25H,4,11-12,14H2,1-3H3,(H,33,34,36). The second-order valence-electron chi connectivity index (χ2n) is 9.70. The Morgan fingerprint density at radius 1 is 1.13 bits per heavy atom. The number of ether oxygens (including phenoxy) is 1. The van der Waals surface area contributed by atoms with E-state index in [-0.39, 0.29) is 0 Å². The number of carbonyl (C=O) groups is 2. The minimum absolute atomic E-state index is 0.311. The minimum Gasteiger partial charge on any atom is -0.449 e. The van der Waals surface area contributed by atoms with E-state index in [1.54, 1.807) is 19.1 Å². The molecule has 1 aliphatic heterocycles. The zero-order chi connectivity index (χ0) is 27.7. The third-order valence-corrected chi connectivity index (χ3v) is 8.37. The fourth-order valence-electron chi connectivity index (χ4n) is 4.70. The molecule has 1 N–H and O–H groups in total. The molecule has 3 heterocycles. The van der Waals surface area contributed by atoms with Crippen molar-refractivity contribution in [3.63, 3.8) is 0 Å². The summed E-state index contributed by atoms with van der Waals surface area (Å²) in [6, 6.07) is 13.1. The van der Waals surface area contributed by atoms with Crippen LogP contribution in [0.3, 0.4) is 0 Å². The number of benzene rings is 2. The monoisotopic (exact) mass is 582 g/mol. The van der Waals surface area contributed by atoms with Gasteiger partial charge in [0, 0.05) is 53.1 Å². The molecule has 0 radical (unpaired) electrons. The van der Waals surface area contributed by atoms with E-state index in [2.05, 4.69) is 29.0 Å². The van der Waals surface area contributed by atoms with Gasteiger partial charge in [0.1, 0.15) is 0 Å². The molecule has 1 unspecified atom stereocenters. The number of aromatic nitrogens is 2. The Labute approximate surface area is 241 Å². The highest BCUT2D eigenvalue weighted by atomic mass is 35.5. The second-order valence-corrected chi connectivity index (χ2v) is 11.4. The van der Waals surface area contributed by atoms with Crippen molar-refractivity contribution in [2.45, 2.75) is 52.3 Å². The Balaban J connectivity index is 1.38. The van der Waals surface area contributed by atoms with Gasteiger partial charge in [-0.05, 0) is 38.5 Å². The molecule has 1 atom stereocenters. The Morgan fingerprint density at radius 2 is 1.92 bits per heavy atom. The number of nitrogens with one attached hydrogen (secondary N) is 1. The zero-order valence-electron chi connectivity index (χ0n) is 21.8. The molecule has 4 aromatic rings. The maximum Gasteiger partial charge on any atom is 0.340 e. The third kappa shape index (κ3) is 5.79. The number of nitrogens with zero attached hydrogens (tertiary/aromatic N) is 3. The SMILES string of the molecule is CCC(OC(=O)c1c2c(nc3ccccc13)CCN(C(C)C)C2)C(=O)Nc1nc(-c2ccc(Cl)c(Cl)c2)cs1. The van der Waals surface area contributed by atoms with Gasteiger partial charge < -0.3 is 4.74 Å². The molecule has 10 heteroatoms. The summed E-state index contributed by atoms with van der Waals surface area (Å²) < 4.78 is 5.86. The van der Waals surface area contributed by atoms with Crippen LogP contribution in [0.1, 0.15) is 48.8 Å². The van der Waals surface area contributed by atoms with Gasteiger partial charge in [0.2, 0.25) is 0 Å². The van der Waals surface area contributed by atoms with Crippen molar-refractivity contribution in [1.82, 2.24) is 14.9 Å². The number of carbonyl (C=O) groups excluding carboxylic acids is 2. The molecule has 0 bridgehead atoms. The van der Waals surface area contributed by atoms with Gasteiger partial charge in [-0.3, -0.25) is 20.0 Å². The van der Waals surface area contributed by atoms with Crippen LogP contribution in [0.25, 0.3) is 22.2 Å². The van der Waals surface area contributed by atoms with Crippen LogP contribution >= 0.6 is 34.5 Å². The molecular weight excluding hydrogens is 555 g/mol. The largest absolute Gasteiger partial charge is 0.449 e. The molecule has 2 aromatic carbocycles. The third-order valence-electron chi connectivity index (χ3n) is 6.87. The summed E-state index contributed by atoms with van der Waals surface area (Å²) in [6.45, 7) is 7.57. The Morgan fingerprint density at radius 3 is 2.67 bits per heavy atom. The number of hydrogen-bond acceptors (Lipinski definition) is 7. The highest BCUT2D eigenvalue weighted by Gasteiger charge is 2.30. The summed E-state index contributed by atoms with van der Waals surface area (Å²) in [6.07, 6.45) is 0.0789. The average Bonchev–Trinajstić information content (AvgIpc) is 3.39. The molecule has 1 amide bonds. The molecule has 1 aliphatic rings. The fourth-order valence-corrected chi connectivity index (χ4v) is 5.72. The van der Waals surface area contributed by atoms with Gasteiger partial charge in [0.05, 0.1) is 26.8 Å². The number of esters is 1. The van der Waals surface area contributed by atoms with Crippen LogP contribution in [-0.2, 0) is 22.5 Å². The predicted molar refractivity (Wildman–Crippen MR) is 157 cm³/mol. The lowest BCUT2D eigenvalue weighted by atomic mass is 9.95.